The Bertz CT molecular complexity index is 1180. The molecule has 2 aromatic carbocycles. The summed E-state index contributed by atoms with van der Waals surface area (Å²) in [6.07, 6.45) is 6.25. The quantitative estimate of drug-likeness (QED) is 0.177. The first-order chi connectivity index (χ1) is 20.4. The van der Waals surface area contributed by atoms with E-state index in [1.165, 1.54) is 4.90 Å². The molecule has 0 saturated carbocycles. The van der Waals surface area contributed by atoms with E-state index < -0.39 is 35.6 Å². The average Bonchev–Trinajstić information content (AvgIpc) is 2.95. The van der Waals surface area contributed by atoms with E-state index in [4.69, 9.17) is 9.47 Å². The van der Waals surface area contributed by atoms with E-state index in [9.17, 15) is 19.5 Å². The first-order valence-electron chi connectivity index (χ1n) is 14.9. The number of phenolic OH excluding ortho intramolecular Hbond substituents is 1. The second-order valence-corrected chi connectivity index (χ2v) is 12.5. The number of rotatable bonds is 16. The number of thioether (sulfide) groups is 1. The van der Waals surface area contributed by atoms with Gasteiger partial charge in [0.05, 0.1) is 7.11 Å². The van der Waals surface area contributed by atoms with Crippen LogP contribution >= 0.6 is 11.8 Å². The zero-order valence-corrected chi connectivity index (χ0v) is 27.5. The van der Waals surface area contributed by atoms with E-state index in [2.05, 4.69) is 17.6 Å². The summed E-state index contributed by atoms with van der Waals surface area (Å²) in [6.45, 7) is 9.42. The van der Waals surface area contributed by atoms with Crippen molar-refractivity contribution in [1.29, 1.82) is 0 Å². The van der Waals surface area contributed by atoms with Gasteiger partial charge in [0, 0.05) is 17.8 Å². The highest BCUT2D eigenvalue weighted by Gasteiger charge is 2.37. The molecule has 2 atom stereocenters. The first kappa shape index (κ1) is 35.8. The van der Waals surface area contributed by atoms with Gasteiger partial charge in [-0.25, -0.2) is 4.79 Å². The molecular formula is C33H49N3O6S. The number of nitrogens with zero attached hydrogens (tertiary/aromatic N) is 1. The summed E-state index contributed by atoms with van der Waals surface area (Å²) in [5, 5.41) is 16.8. The number of aromatic hydroxyl groups is 1. The van der Waals surface area contributed by atoms with Gasteiger partial charge < -0.3 is 30.1 Å². The minimum Gasteiger partial charge on any atom is -0.507 e. The van der Waals surface area contributed by atoms with Crippen LogP contribution in [0.25, 0.3) is 0 Å². The van der Waals surface area contributed by atoms with Crippen LogP contribution in [-0.4, -0.2) is 65.2 Å². The Labute approximate surface area is 261 Å². The van der Waals surface area contributed by atoms with Crippen LogP contribution in [0.4, 0.5) is 10.5 Å². The summed E-state index contributed by atoms with van der Waals surface area (Å²) in [7, 11) is 1.56. The maximum atomic E-state index is 14.4. The summed E-state index contributed by atoms with van der Waals surface area (Å²) >= 11 is 1.55. The summed E-state index contributed by atoms with van der Waals surface area (Å²) < 4.78 is 10.7. The Morgan fingerprint density at radius 2 is 1.70 bits per heavy atom. The van der Waals surface area contributed by atoms with Crippen LogP contribution in [0.15, 0.2) is 42.5 Å². The lowest BCUT2D eigenvalue weighted by Crippen LogP contribution is -2.52. The van der Waals surface area contributed by atoms with Crippen LogP contribution in [0.5, 0.6) is 11.5 Å². The smallest absolute Gasteiger partial charge is 0.408 e. The van der Waals surface area contributed by atoms with E-state index >= 15 is 0 Å². The van der Waals surface area contributed by atoms with Crippen molar-refractivity contribution < 1.29 is 29.0 Å². The molecule has 3 N–H and O–H groups in total. The standard InChI is InChI=1S/C33H49N3O6S/c1-8-9-10-11-12-21-36(31(39)27(20-22-43-7)35-32(40)42-33(3,4)5)28(26-15-13-14-23(2)29(26)37)30(38)34-24-16-18-25(41-6)19-17-24/h13-19,27-28,37H,8-12,20-22H2,1-7H3,(H,34,38)(H,35,40). The number of phenols is 1. The van der Waals surface area contributed by atoms with Crippen molar-refractivity contribution in [2.45, 2.75) is 90.8 Å². The Morgan fingerprint density at radius 1 is 1.02 bits per heavy atom. The first-order valence-corrected chi connectivity index (χ1v) is 16.3. The zero-order valence-electron chi connectivity index (χ0n) is 26.7. The van der Waals surface area contributed by atoms with Crippen LogP contribution in [0.2, 0.25) is 0 Å². The molecule has 0 radical (unpaired) electrons. The number of benzene rings is 2. The van der Waals surface area contributed by atoms with Gasteiger partial charge in [-0.3, -0.25) is 9.59 Å². The van der Waals surface area contributed by atoms with Crippen molar-refractivity contribution in [2.24, 2.45) is 0 Å². The maximum absolute atomic E-state index is 14.4. The van der Waals surface area contributed by atoms with Crippen LogP contribution in [-0.2, 0) is 14.3 Å². The normalized spacial score (nSPS) is 12.6. The molecular weight excluding hydrogens is 566 g/mol. The highest BCUT2D eigenvalue weighted by Crippen LogP contribution is 2.34. The fourth-order valence-electron chi connectivity index (χ4n) is 4.63. The number of aryl methyl sites for hydroxylation is 1. The Hall–Kier alpha value is -3.40. The minimum atomic E-state index is -1.15. The summed E-state index contributed by atoms with van der Waals surface area (Å²) in [4.78, 5) is 42.8. The lowest BCUT2D eigenvalue weighted by Gasteiger charge is -2.35. The average molecular weight is 616 g/mol. The number of nitrogens with one attached hydrogen (secondary N) is 2. The molecule has 0 spiro atoms. The van der Waals surface area contributed by atoms with Gasteiger partial charge >= 0.3 is 6.09 Å². The summed E-state index contributed by atoms with van der Waals surface area (Å²) in [5.74, 6) is 0.302. The third-order valence-electron chi connectivity index (χ3n) is 6.87. The van der Waals surface area contributed by atoms with Crippen molar-refractivity contribution in [3.05, 3.63) is 53.6 Å². The predicted molar refractivity (Wildman–Crippen MR) is 174 cm³/mol. The molecule has 0 heterocycles. The second-order valence-electron chi connectivity index (χ2n) is 11.6. The summed E-state index contributed by atoms with van der Waals surface area (Å²) in [5.41, 5.74) is 0.670. The molecule has 0 fully saturated rings. The molecule has 2 unspecified atom stereocenters. The van der Waals surface area contributed by atoms with Crippen LogP contribution in [0.3, 0.4) is 0 Å². The van der Waals surface area contributed by atoms with Gasteiger partial charge in [-0.05, 0) is 82.4 Å². The number of ether oxygens (including phenoxy) is 2. The second kappa shape index (κ2) is 17.7. The molecule has 0 aliphatic heterocycles. The molecule has 3 amide bonds. The van der Waals surface area contributed by atoms with Gasteiger partial charge in [-0.15, -0.1) is 0 Å². The van der Waals surface area contributed by atoms with Gasteiger partial charge in [0.2, 0.25) is 5.91 Å². The highest BCUT2D eigenvalue weighted by atomic mass is 32.2. The number of para-hydroxylation sites is 1. The molecule has 0 bridgehead atoms. The molecule has 0 aliphatic carbocycles. The number of unbranched alkanes of at least 4 members (excludes halogenated alkanes) is 4. The molecule has 2 aromatic rings. The molecule has 0 saturated heterocycles. The third-order valence-corrected chi connectivity index (χ3v) is 7.51. The van der Waals surface area contributed by atoms with E-state index in [1.807, 2.05) is 6.26 Å². The predicted octanol–water partition coefficient (Wildman–Crippen LogP) is 6.83. The maximum Gasteiger partial charge on any atom is 0.408 e. The third kappa shape index (κ3) is 11.7. The molecule has 10 heteroatoms. The van der Waals surface area contributed by atoms with Gasteiger partial charge in [0.1, 0.15) is 29.2 Å². The number of alkyl carbamates (subject to hydrolysis) is 1. The molecule has 0 aliphatic rings. The molecule has 2 rings (SSSR count). The van der Waals surface area contributed by atoms with E-state index in [1.54, 1.807) is 89.0 Å². The van der Waals surface area contributed by atoms with Crippen LogP contribution < -0.4 is 15.4 Å². The lowest BCUT2D eigenvalue weighted by atomic mass is 9.98. The van der Waals surface area contributed by atoms with Gasteiger partial charge in [0.25, 0.3) is 5.91 Å². The topological polar surface area (TPSA) is 117 Å². The lowest BCUT2D eigenvalue weighted by molar-refractivity contribution is -0.141. The van der Waals surface area contributed by atoms with Crippen molar-refractivity contribution in [3.63, 3.8) is 0 Å². The number of methoxy groups -OCH3 is 1. The fourth-order valence-corrected chi connectivity index (χ4v) is 5.10. The van der Waals surface area contributed by atoms with E-state index in [0.29, 0.717) is 41.2 Å². The van der Waals surface area contributed by atoms with Crippen molar-refractivity contribution in [2.75, 3.05) is 31.0 Å². The van der Waals surface area contributed by atoms with Gasteiger partial charge in [-0.1, -0.05) is 50.8 Å². The van der Waals surface area contributed by atoms with Gasteiger partial charge in [0.15, 0.2) is 0 Å². The Balaban J connectivity index is 2.56. The number of carbonyl (C=O) groups excluding carboxylic acids is 3. The number of carbonyl (C=O) groups is 3. The zero-order chi connectivity index (χ0) is 32.0. The van der Waals surface area contributed by atoms with E-state index in [0.717, 1.165) is 25.7 Å². The Morgan fingerprint density at radius 3 is 2.30 bits per heavy atom. The van der Waals surface area contributed by atoms with E-state index in [-0.39, 0.29) is 12.3 Å². The summed E-state index contributed by atoms with van der Waals surface area (Å²) in [6, 6.07) is 9.97. The van der Waals surface area contributed by atoms with Crippen molar-refractivity contribution in [3.8, 4) is 11.5 Å². The monoisotopic (exact) mass is 615 g/mol. The van der Waals surface area contributed by atoms with Crippen LogP contribution in [0, 0.1) is 6.92 Å². The van der Waals surface area contributed by atoms with Gasteiger partial charge in [-0.2, -0.15) is 11.8 Å². The minimum absolute atomic E-state index is 0.0538. The molecule has 43 heavy (non-hydrogen) atoms. The Kier molecular flexibility index (Phi) is 14.7. The molecule has 9 nitrogen and oxygen atoms in total. The molecule has 0 aromatic heterocycles. The van der Waals surface area contributed by atoms with Crippen molar-refractivity contribution >= 4 is 35.4 Å². The SMILES string of the molecule is CCCCCCCN(C(=O)C(CCSC)NC(=O)OC(C)(C)C)C(C(=O)Nc1ccc(OC)cc1)c1cccc(C)c1O. The van der Waals surface area contributed by atoms with Crippen molar-refractivity contribution in [1.82, 2.24) is 10.2 Å². The number of hydrogen-bond acceptors (Lipinski definition) is 7. The highest BCUT2D eigenvalue weighted by molar-refractivity contribution is 7.98. The van der Waals surface area contributed by atoms with Crippen LogP contribution in [0.1, 0.15) is 83.4 Å². The molecule has 238 valence electrons. The number of amides is 3. The number of hydrogen-bond donors (Lipinski definition) is 3. The number of anilines is 1. The fraction of sp³-hybridized carbons (Fsp3) is 0.545. The largest absolute Gasteiger partial charge is 0.507 e.